The molecule has 0 spiro atoms. The number of carbonyl (C=O) groups excluding carboxylic acids is 1. The van der Waals surface area contributed by atoms with E-state index < -0.39 is 0 Å². The Labute approximate surface area is 128 Å². The van der Waals surface area contributed by atoms with Gasteiger partial charge in [0.25, 0.3) is 5.56 Å². The van der Waals surface area contributed by atoms with E-state index in [1.807, 2.05) is 6.92 Å². The third kappa shape index (κ3) is 4.36. The van der Waals surface area contributed by atoms with Crippen molar-refractivity contribution >= 4 is 16.8 Å². The van der Waals surface area contributed by atoms with Crippen LogP contribution in [0.5, 0.6) is 0 Å². The van der Waals surface area contributed by atoms with Gasteiger partial charge in [-0.3, -0.25) is 9.59 Å². The molecular formula is C15H20N4O3. The van der Waals surface area contributed by atoms with Crippen molar-refractivity contribution in [3.8, 4) is 0 Å². The van der Waals surface area contributed by atoms with Gasteiger partial charge < -0.3 is 10.1 Å². The molecule has 0 unspecified atom stereocenters. The number of ether oxygens (including phenoxy) is 1. The predicted octanol–water partition coefficient (Wildman–Crippen LogP) is 0.724. The average molecular weight is 304 g/mol. The van der Waals surface area contributed by atoms with Crippen LogP contribution in [0.15, 0.2) is 29.1 Å². The topological polar surface area (TPSA) is 86.1 Å². The van der Waals surface area contributed by atoms with Crippen LogP contribution in [0.4, 0.5) is 0 Å². The number of nitrogens with one attached hydrogen (secondary N) is 1. The Morgan fingerprint density at radius 1 is 1.36 bits per heavy atom. The first kappa shape index (κ1) is 16.1. The van der Waals surface area contributed by atoms with E-state index in [0.717, 1.165) is 6.42 Å². The molecule has 1 N–H and O–H groups in total. The molecule has 1 amide bonds. The number of hydrogen-bond donors (Lipinski definition) is 1. The molecule has 1 aromatic carbocycles. The molecule has 0 saturated carbocycles. The van der Waals surface area contributed by atoms with E-state index in [1.54, 1.807) is 24.3 Å². The molecule has 2 aromatic rings. The fraction of sp³-hybridized carbons (Fsp3) is 0.467. The fourth-order valence-electron chi connectivity index (χ4n) is 2.01. The van der Waals surface area contributed by atoms with Crippen LogP contribution in [0.25, 0.3) is 10.9 Å². The van der Waals surface area contributed by atoms with Crippen molar-refractivity contribution in [1.29, 1.82) is 0 Å². The normalized spacial score (nSPS) is 10.8. The average Bonchev–Trinajstić information content (AvgIpc) is 2.54. The van der Waals surface area contributed by atoms with Crippen molar-refractivity contribution in [2.24, 2.45) is 0 Å². The number of rotatable bonds is 8. The van der Waals surface area contributed by atoms with Gasteiger partial charge in [-0.25, -0.2) is 4.68 Å². The van der Waals surface area contributed by atoms with Crippen LogP contribution in [0.2, 0.25) is 0 Å². The van der Waals surface area contributed by atoms with Crippen LogP contribution in [0, 0.1) is 0 Å². The van der Waals surface area contributed by atoms with Gasteiger partial charge in [0.05, 0.1) is 11.9 Å². The lowest BCUT2D eigenvalue weighted by Crippen LogP contribution is -2.30. The van der Waals surface area contributed by atoms with Crippen LogP contribution in [0.1, 0.15) is 19.8 Å². The van der Waals surface area contributed by atoms with Gasteiger partial charge in [-0.2, -0.15) is 0 Å². The minimum Gasteiger partial charge on any atom is -0.382 e. The predicted molar refractivity (Wildman–Crippen MR) is 82.5 cm³/mol. The van der Waals surface area contributed by atoms with Gasteiger partial charge in [0.1, 0.15) is 5.52 Å². The van der Waals surface area contributed by atoms with Crippen molar-refractivity contribution in [2.45, 2.75) is 26.3 Å². The lowest BCUT2D eigenvalue weighted by molar-refractivity contribution is -0.121. The molecule has 118 valence electrons. The number of hydrogen-bond acceptors (Lipinski definition) is 5. The van der Waals surface area contributed by atoms with Gasteiger partial charge in [-0.05, 0) is 25.5 Å². The molecule has 0 aliphatic carbocycles. The number of carbonyl (C=O) groups is 1. The van der Waals surface area contributed by atoms with Gasteiger partial charge in [-0.1, -0.05) is 17.3 Å². The van der Waals surface area contributed by atoms with Gasteiger partial charge in [0.2, 0.25) is 5.91 Å². The summed E-state index contributed by atoms with van der Waals surface area (Å²) in [6.07, 6.45) is 0.969. The summed E-state index contributed by atoms with van der Waals surface area (Å²) in [7, 11) is 0. The quantitative estimate of drug-likeness (QED) is 0.726. The number of fused-ring (bicyclic) bond motifs is 1. The van der Waals surface area contributed by atoms with Crippen LogP contribution in [0.3, 0.4) is 0 Å². The lowest BCUT2D eigenvalue weighted by atomic mass is 10.2. The Kier molecular flexibility index (Phi) is 6.02. The van der Waals surface area contributed by atoms with E-state index in [-0.39, 0.29) is 24.4 Å². The second-order valence-corrected chi connectivity index (χ2v) is 4.79. The van der Waals surface area contributed by atoms with Gasteiger partial charge >= 0.3 is 0 Å². The minimum absolute atomic E-state index is 0.113. The van der Waals surface area contributed by atoms with Crippen LogP contribution >= 0.6 is 0 Å². The molecule has 22 heavy (non-hydrogen) atoms. The SMILES string of the molecule is CCOCCCNC(=O)CCn1nnc2ccccc2c1=O. The maximum atomic E-state index is 12.2. The van der Waals surface area contributed by atoms with Crippen molar-refractivity contribution in [1.82, 2.24) is 20.3 Å². The van der Waals surface area contributed by atoms with Crippen LogP contribution in [-0.2, 0) is 16.1 Å². The zero-order valence-corrected chi connectivity index (χ0v) is 12.6. The molecule has 0 atom stereocenters. The second-order valence-electron chi connectivity index (χ2n) is 4.79. The molecule has 0 aliphatic rings. The van der Waals surface area contributed by atoms with E-state index in [0.29, 0.717) is 30.7 Å². The third-order valence-electron chi connectivity index (χ3n) is 3.17. The second kappa shape index (κ2) is 8.23. The zero-order chi connectivity index (χ0) is 15.8. The molecular weight excluding hydrogens is 284 g/mol. The standard InChI is InChI=1S/C15H20N4O3/c1-2-22-11-5-9-16-14(20)8-10-19-15(21)12-6-3-4-7-13(12)17-18-19/h3-4,6-7H,2,5,8-11H2,1H3,(H,16,20). The summed E-state index contributed by atoms with van der Waals surface area (Å²) in [6, 6.07) is 7.02. The lowest BCUT2D eigenvalue weighted by Gasteiger charge is -2.06. The maximum absolute atomic E-state index is 12.2. The molecule has 0 saturated heterocycles. The summed E-state index contributed by atoms with van der Waals surface area (Å²) in [6.45, 7) is 4.02. The summed E-state index contributed by atoms with van der Waals surface area (Å²) in [5.74, 6) is -0.113. The van der Waals surface area contributed by atoms with E-state index in [9.17, 15) is 9.59 Å². The molecule has 7 nitrogen and oxygen atoms in total. The third-order valence-corrected chi connectivity index (χ3v) is 3.17. The highest BCUT2D eigenvalue weighted by atomic mass is 16.5. The molecule has 0 bridgehead atoms. The van der Waals surface area contributed by atoms with Crippen LogP contribution < -0.4 is 10.9 Å². The van der Waals surface area contributed by atoms with Crippen molar-refractivity contribution in [3.05, 3.63) is 34.6 Å². The number of nitrogens with zero attached hydrogens (tertiary/aromatic N) is 3. The van der Waals surface area contributed by atoms with Crippen molar-refractivity contribution in [2.75, 3.05) is 19.8 Å². The first-order chi connectivity index (χ1) is 10.7. The Morgan fingerprint density at radius 3 is 3.00 bits per heavy atom. The molecule has 7 heteroatoms. The largest absolute Gasteiger partial charge is 0.382 e. The number of benzene rings is 1. The summed E-state index contributed by atoms with van der Waals surface area (Å²) >= 11 is 0. The first-order valence-electron chi connectivity index (χ1n) is 7.39. The molecule has 1 aromatic heterocycles. The summed E-state index contributed by atoms with van der Waals surface area (Å²) in [5, 5.41) is 11.1. The smallest absolute Gasteiger partial charge is 0.277 e. The Morgan fingerprint density at radius 2 is 2.18 bits per heavy atom. The highest BCUT2D eigenvalue weighted by molar-refractivity contribution is 5.77. The van der Waals surface area contributed by atoms with Gasteiger partial charge in [0.15, 0.2) is 0 Å². The van der Waals surface area contributed by atoms with Gasteiger partial charge in [0, 0.05) is 26.2 Å². The zero-order valence-electron chi connectivity index (χ0n) is 12.6. The molecule has 0 fully saturated rings. The Balaban J connectivity index is 1.85. The maximum Gasteiger partial charge on any atom is 0.277 e. The monoisotopic (exact) mass is 304 g/mol. The summed E-state index contributed by atoms with van der Waals surface area (Å²) < 4.78 is 6.41. The molecule has 2 rings (SSSR count). The highest BCUT2D eigenvalue weighted by Crippen LogP contribution is 2.03. The molecule has 0 aliphatic heterocycles. The van der Waals surface area contributed by atoms with Crippen LogP contribution in [-0.4, -0.2) is 40.7 Å². The molecule has 1 heterocycles. The van der Waals surface area contributed by atoms with Crippen molar-refractivity contribution < 1.29 is 9.53 Å². The van der Waals surface area contributed by atoms with E-state index >= 15 is 0 Å². The van der Waals surface area contributed by atoms with Crippen molar-refractivity contribution in [3.63, 3.8) is 0 Å². The Hall–Kier alpha value is -2.28. The van der Waals surface area contributed by atoms with E-state index in [2.05, 4.69) is 15.6 Å². The van der Waals surface area contributed by atoms with Gasteiger partial charge in [-0.15, -0.1) is 5.10 Å². The number of aryl methyl sites for hydroxylation is 1. The highest BCUT2D eigenvalue weighted by Gasteiger charge is 2.07. The fourth-order valence-corrected chi connectivity index (χ4v) is 2.01. The minimum atomic E-state index is -0.227. The summed E-state index contributed by atoms with van der Waals surface area (Å²) in [4.78, 5) is 23.9. The number of aromatic nitrogens is 3. The Bertz CT molecular complexity index is 684. The molecule has 0 radical (unpaired) electrons. The number of amides is 1. The van der Waals surface area contributed by atoms with E-state index in [1.165, 1.54) is 4.68 Å². The first-order valence-corrected chi connectivity index (χ1v) is 7.39. The summed E-state index contributed by atoms with van der Waals surface area (Å²) in [5.41, 5.74) is 0.332. The van der Waals surface area contributed by atoms with E-state index in [4.69, 9.17) is 4.74 Å².